The van der Waals surface area contributed by atoms with Crippen molar-refractivity contribution in [3.8, 4) is 0 Å². The van der Waals surface area contributed by atoms with Crippen LogP contribution in [-0.2, 0) is 22.4 Å². The molecule has 210 valence electrons. The molecule has 0 radical (unpaired) electrons. The summed E-state index contributed by atoms with van der Waals surface area (Å²) in [6.45, 7) is 1.25. The SMILES string of the molecule is O=C(O)[C@H](CCCNC1CCCc2cccnc21)NC(=O)C1(CNC2CCCc3cccnc32)CCCCC1. The molecule has 1 amide bonds. The van der Waals surface area contributed by atoms with Gasteiger partial charge in [-0.05, 0) is 94.0 Å². The smallest absolute Gasteiger partial charge is 0.326 e. The Labute approximate surface area is 231 Å². The molecule has 1 fully saturated rings. The third-order valence-electron chi connectivity index (χ3n) is 9.03. The minimum atomic E-state index is -0.961. The number of nitrogens with one attached hydrogen (secondary N) is 3. The molecule has 3 aliphatic carbocycles. The highest BCUT2D eigenvalue weighted by atomic mass is 16.4. The van der Waals surface area contributed by atoms with Crippen LogP contribution in [0.2, 0.25) is 0 Å². The summed E-state index contributed by atoms with van der Waals surface area (Å²) in [5.74, 6) is -1.07. The van der Waals surface area contributed by atoms with Crippen molar-refractivity contribution in [2.45, 2.75) is 102 Å². The van der Waals surface area contributed by atoms with Gasteiger partial charge in [0.1, 0.15) is 6.04 Å². The van der Waals surface area contributed by atoms with Crippen LogP contribution in [-0.4, -0.2) is 46.1 Å². The molecule has 4 N–H and O–H groups in total. The lowest BCUT2D eigenvalue weighted by Crippen LogP contribution is -2.53. The molecule has 8 nitrogen and oxygen atoms in total. The molecule has 2 heterocycles. The molecule has 2 aromatic heterocycles. The molecule has 39 heavy (non-hydrogen) atoms. The fourth-order valence-electron chi connectivity index (χ4n) is 6.80. The van der Waals surface area contributed by atoms with E-state index in [2.05, 4.69) is 38.1 Å². The summed E-state index contributed by atoms with van der Waals surface area (Å²) in [5, 5.41) is 20.2. The summed E-state index contributed by atoms with van der Waals surface area (Å²) >= 11 is 0. The fourth-order valence-corrected chi connectivity index (χ4v) is 6.80. The second-order valence-corrected chi connectivity index (χ2v) is 11.7. The van der Waals surface area contributed by atoms with Crippen molar-refractivity contribution in [2.24, 2.45) is 5.41 Å². The van der Waals surface area contributed by atoms with E-state index in [1.165, 1.54) is 11.1 Å². The van der Waals surface area contributed by atoms with Crippen LogP contribution >= 0.6 is 0 Å². The fraction of sp³-hybridized carbons (Fsp3) is 0.613. The minimum absolute atomic E-state index is 0.113. The molecule has 0 saturated heterocycles. The highest BCUT2D eigenvalue weighted by Gasteiger charge is 2.41. The zero-order valence-electron chi connectivity index (χ0n) is 23.0. The Morgan fingerprint density at radius 2 is 1.51 bits per heavy atom. The van der Waals surface area contributed by atoms with E-state index in [4.69, 9.17) is 0 Å². The number of aromatic nitrogens is 2. The molecule has 3 atom stereocenters. The second kappa shape index (κ2) is 13.0. The first-order valence-corrected chi connectivity index (χ1v) is 14.9. The number of aliphatic carboxylic acids is 1. The maximum Gasteiger partial charge on any atom is 0.326 e. The average molecular weight is 534 g/mol. The molecule has 5 rings (SSSR count). The third-order valence-corrected chi connectivity index (χ3v) is 9.03. The molecule has 0 spiro atoms. The van der Waals surface area contributed by atoms with E-state index in [9.17, 15) is 14.7 Å². The van der Waals surface area contributed by atoms with E-state index in [1.807, 2.05) is 24.5 Å². The van der Waals surface area contributed by atoms with Crippen molar-refractivity contribution >= 4 is 11.9 Å². The molecule has 0 bridgehead atoms. The lowest BCUT2D eigenvalue weighted by Gasteiger charge is -2.38. The van der Waals surface area contributed by atoms with E-state index in [0.717, 1.165) is 82.0 Å². The van der Waals surface area contributed by atoms with E-state index >= 15 is 0 Å². The Balaban J connectivity index is 1.17. The Hall–Kier alpha value is -2.84. The maximum atomic E-state index is 13.7. The second-order valence-electron chi connectivity index (χ2n) is 11.7. The standard InChI is InChI=1S/C31H43N5O3/c37-29(38)26(15-8-18-32-24-13-4-9-22-11-6-19-33-27(22)24)36-30(39)31(16-2-1-3-17-31)21-35-25-14-5-10-23-12-7-20-34-28(23)25/h6-7,11-12,19-20,24-26,32,35H,1-5,8-10,13-18,21H2,(H,36,39)(H,37,38)/t24?,25?,26-/m0/s1. The molecular weight excluding hydrogens is 490 g/mol. The normalized spacial score (nSPS) is 22.8. The number of carboxylic acid groups (broad SMARTS) is 1. The first-order valence-electron chi connectivity index (χ1n) is 14.9. The molecule has 2 unspecified atom stereocenters. The summed E-state index contributed by atoms with van der Waals surface area (Å²) in [4.78, 5) is 35.1. The Morgan fingerprint density at radius 1 is 0.897 bits per heavy atom. The minimum Gasteiger partial charge on any atom is -0.480 e. The lowest BCUT2D eigenvalue weighted by molar-refractivity contribution is -0.144. The molecule has 0 aromatic carbocycles. The Kier molecular flexibility index (Phi) is 9.24. The van der Waals surface area contributed by atoms with Crippen molar-refractivity contribution in [2.75, 3.05) is 13.1 Å². The van der Waals surface area contributed by atoms with Crippen molar-refractivity contribution in [3.05, 3.63) is 59.2 Å². The predicted molar refractivity (Wildman–Crippen MR) is 150 cm³/mol. The van der Waals surface area contributed by atoms with Gasteiger partial charge in [0.2, 0.25) is 5.91 Å². The molecule has 0 aliphatic heterocycles. The van der Waals surface area contributed by atoms with E-state index < -0.39 is 17.4 Å². The number of carbonyl (C=O) groups excluding carboxylic acids is 1. The van der Waals surface area contributed by atoms with Gasteiger partial charge < -0.3 is 21.1 Å². The number of pyridine rings is 2. The number of carbonyl (C=O) groups is 2. The monoisotopic (exact) mass is 533 g/mol. The summed E-state index contributed by atoms with van der Waals surface area (Å²) < 4.78 is 0. The highest BCUT2D eigenvalue weighted by molar-refractivity contribution is 5.87. The molecule has 2 aromatic rings. The Morgan fingerprint density at radius 3 is 2.13 bits per heavy atom. The first kappa shape index (κ1) is 27.7. The third kappa shape index (κ3) is 6.67. The van der Waals surface area contributed by atoms with Crippen molar-refractivity contribution in [1.29, 1.82) is 0 Å². The summed E-state index contributed by atoms with van der Waals surface area (Å²) in [5.41, 5.74) is 4.23. The quantitative estimate of drug-likeness (QED) is 0.316. The van der Waals surface area contributed by atoms with E-state index in [1.54, 1.807) is 0 Å². The van der Waals surface area contributed by atoms with Gasteiger partial charge in [-0.25, -0.2) is 4.79 Å². The van der Waals surface area contributed by atoms with E-state index in [0.29, 0.717) is 25.9 Å². The van der Waals surface area contributed by atoms with Crippen LogP contribution in [0.1, 0.15) is 105 Å². The van der Waals surface area contributed by atoms with Crippen molar-refractivity contribution < 1.29 is 14.7 Å². The number of fused-ring (bicyclic) bond motifs is 2. The molecule has 3 aliphatic rings. The van der Waals surface area contributed by atoms with Crippen molar-refractivity contribution in [1.82, 2.24) is 25.9 Å². The van der Waals surface area contributed by atoms with Crippen LogP contribution in [0.4, 0.5) is 0 Å². The van der Waals surface area contributed by atoms with Crippen LogP contribution in [0, 0.1) is 5.41 Å². The van der Waals surface area contributed by atoms with Gasteiger partial charge in [-0.3, -0.25) is 14.8 Å². The summed E-state index contributed by atoms with van der Waals surface area (Å²) in [7, 11) is 0. The highest BCUT2D eigenvalue weighted by Crippen LogP contribution is 2.38. The largest absolute Gasteiger partial charge is 0.480 e. The molecule has 8 heteroatoms. The van der Waals surface area contributed by atoms with Gasteiger partial charge in [0.05, 0.1) is 16.8 Å². The molecule has 1 saturated carbocycles. The molecular formula is C31H43N5O3. The first-order chi connectivity index (χ1) is 19.1. The van der Waals surface area contributed by atoms with Gasteiger partial charge in [0.25, 0.3) is 0 Å². The number of hydrogen-bond donors (Lipinski definition) is 4. The van der Waals surface area contributed by atoms with Crippen LogP contribution in [0.3, 0.4) is 0 Å². The number of rotatable bonds is 11. The van der Waals surface area contributed by atoms with Gasteiger partial charge in [0, 0.05) is 31.0 Å². The number of amides is 1. The van der Waals surface area contributed by atoms with Crippen LogP contribution < -0.4 is 16.0 Å². The summed E-state index contributed by atoms with van der Waals surface area (Å²) in [6, 6.07) is 7.74. The predicted octanol–water partition coefficient (Wildman–Crippen LogP) is 4.41. The van der Waals surface area contributed by atoms with Crippen LogP contribution in [0.15, 0.2) is 36.7 Å². The zero-order chi connectivity index (χ0) is 27.1. The van der Waals surface area contributed by atoms with Crippen LogP contribution in [0.25, 0.3) is 0 Å². The van der Waals surface area contributed by atoms with Crippen LogP contribution in [0.5, 0.6) is 0 Å². The van der Waals surface area contributed by atoms with Gasteiger partial charge in [-0.15, -0.1) is 0 Å². The van der Waals surface area contributed by atoms with Gasteiger partial charge in [-0.1, -0.05) is 31.4 Å². The van der Waals surface area contributed by atoms with Crippen molar-refractivity contribution in [3.63, 3.8) is 0 Å². The number of hydrogen-bond acceptors (Lipinski definition) is 6. The van der Waals surface area contributed by atoms with Gasteiger partial charge in [-0.2, -0.15) is 0 Å². The maximum absolute atomic E-state index is 13.7. The Bertz CT molecular complexity index is 1130. The topological polar surface area (TPSA) is 116 Å². The van der Waals surface area contributed by atoms with Gasteiger partial charge in [0.15, 0.2) is 0 Å². The number of aryl methyl sites for hydroxylation is 2. The van der Waals surface area contributed by atoms with E-state index in [-0.39, 0.29) is 18.0 Å². The zero-order valence-corrected chi connectivity index (χ0v) is 23.0. The number of carboxylic acids is 1. The average Bonchev–Trinajstić information content (AvgIpc) is 2.98. The summed E-state index contributed by atoms with van der Waals surface area (Å²) in [6.07, 6.45) is 15.8. The number of nitrogens with zero attached hydrogens (tertiary/aromatic N) is 2. The lowest BCUT2D eigenvalue weighted by atomic mass is 9.72. The van der Waals surface area contributed by atoms with Gasteiger partial charge >= 0.3 is 5.97 Å².